The van der Waals surface area contributed by atoms with Crippen LogP contribution in [0, 0.1) is 6.92 Å². The summed E-state index contributed by atoms with van der Waals surface area (Å²) >= 11 is 6.06. The van der Waals surface area contributed by atoms with E-state index in [9.17, 15) is 0 Å². The molecular weight excluding hydrogens is 296 g/mol. The van der Waals surface area contributed by atoms with Crippen LogP contribution in [-0.2, 0) is 13.2 Å². The first-order chi connectivity index (χ1) is 10.7. The molecule has 0 unspecified atom stereocenters. The van der Waals surface area contributed by atoms with E-state index in [1.54, 1.807) is 0 Å². The summed E-state index contributed by atoms with van der Waals surface area (Å²) in [7, 11) is 0. The summed E-state index contributed by atoms with van der Waals surface area (Å²) in [6.07, 6.45) is 1.05. The number of imidazole rings is 1. The molecule has 0 aliphatic carbocycles. The highest BCUT2D eigenvalue weighted by atomic mass is 35.5. The summed E-state index contributed by atoms with van der Waals surface area (Å²) in [6.45, 7) is 5.60. The molecule has 0 N–H and O–H groups in total. The highest BCUT2D eigenvalue weighted by Crippen LogP contribution is 2.22. The van der Waals surface area contributed by atoms with Gasteiger partial charge in [0.2, 0.25) is 0 Å². The Hall–Kier alpha value is -2.00. The topological polar surface area (TPSA) is 27.1 Å². The van der Waals surface area contributed by atoms with Crippen molar-refractivity contribution in [3.05, 3.63) is 58.9 Å². The average Bonchev–Trinajstić information content (AvgIpc) is 2.84. The molecule has 0 saturated heterocycles. The Labute approximate surface area is 135 Å². The Bertz CT molecular complexity index is 778. The molecule has 0 aliphatic rings. The van der Waals surface area contributed by atoms with Gasteiger partial charge in [-0.15, -0.1) is 0 Å². The van der Waals surface area contributed by atoms with E-state index in [1.165, 1.54) is 5.56 Å². The molecule has 4 heteroatoms. The zero-order valence-electron chi connectivity index (χ0n) is 12.8. The standard InChI is InChI=1S/C18H19ClN2O/c1-3-10-21-17-9-6-14(19)11-16(17)20-18(21)12-22-15-7-4-13(2)5-8-15/h4-9,11H,3,10,12H2,1-2H3. The van der Waals surface area contributed by atoms with Gasteiger partial charge >= 0.3 is 0 Å². The normalized spacial score (nSPS) is 11.0. The van der Waals surface area contributed by atoms with Crippen molar-refractivity contribution in [2.45, 2.75) is 33.4 Å². The number of benzene rings is 2. The number of aromatic nitrogens is 2. The van der Waals surface area contributed by atoms with Gasteiger partial charge in [0.25, 0.3) is 0 Å². The minimum Gasteiger partial charge on any atom is -0.486 e. The molecule has 0 saturated carbocycles. The smallest absolute Gasteiger partial charge is 0.147 e. The van der Waals surface area contributed by atoms with Gasteiger partial charge in [0, 0.05) is 11.6 Å². The highest BCUT2D eigenvalue weighted by Gasteiger charge is 2.11. The van der Waals surface area contributed by atoms with E-state index in [2.05, 4.69) is 23.4 Å². The van der Waals surface area contributed by atoms with E-state index < -0.39 is 0 Å². The molecule has 2 aromatic carbocycles. The van der Waals surface area contributed by atoms with Gasteiger partial charge in [-0.3, -0.25) is 0 Å². The van der Waals surface area contributed by atoms with Crippen molar-refractivity contribution in [3.63, 3.8) is 0 Å². The first kappa shape index (κ1) is 14.9. The first-order valence-electron chi connectivity index (χ1n) is 7.51. The molecule has 3 aromatic rings. The van der Waals surface area contributed by atoms with E-state index in [0.717, 1.165) is 35.6 Å². The number of rotatable bonds is 5. The zero-order chi connectivity index (χ0) is 15.5. The van der Waals surface area contributed by atoms with Crippen LogP contribution in [0.3, 0.4) is 0 Å². The van der Waals surface area contributed by atoms with Crippen molar-refractivity contribution in [2.24, 2.45) is 0 Å². The fourth-order valence-corrected chi connectivity index (χ4v) is 2.68. The van der Waals surface area contributed by atoms with Crippen LogP contribution in [0.2, 0.25) is 5.02 Å². The second-order valence-electron chi connectivity index (χ2n) is 5.41. The summed E-state index contributed by atoms with van der Waals surface area (Å²) in [4.78, 5) is 4.68. The van der Waals surface area contributed by atoms with Gasteiger partial charge in [-0.1, -0.05) is 36.2 Å². The molecule has 0 radical (unpaired) electrons. The van der Waals surface area contributed by atoms with Crippen molar-refractivity contribution in [2.75, 3.05) is 0 Å². The number of aryl methyl sites for hydroxylation is 2. The maximum atomic E-state index is 6.06. The third-order valence-corrected chi connectivity index (χ3v) is 3.86. The van der Waals surface area contributed by atoms with Crippen LogP contribution in [-0.4, -0.2) is 9.55 Å². The lowest BCUT2D eigenvalue weighted by atomic mass is 10.2. The van der Waals surface area contributed by atoms with Crippen LogP contribution in [0.25, 0.3) is 11.0 Å². The number of hydrogen-bond donors (Lipinski definition) is 0. The van der Waals surface area contributed by atoms with Gasteiger partial charge in [0.1, 0.15) is 18.2 Å². The largest absolute Gasteiger partial charge is 0.486 e. The zero-order valence-corrected chi connectivity index (χ0v) is 13.6. The first-order valence-corrected chi connectivity index (χ1v) is 7.89. The Morgan fingerprint density at radius 2 is 1.91 bits per heavy atom. The lowest BCUT2D eigenvalue weighted by Crippen LogP contribution is -2.07. The molecule has 0 fully saturated rings. The maximum Gasteiger partial charge on any atom is 0.147 e. The Morgan fingerprint density at radius 3 is 2.64 bits per heavy atom. The fourth-order valence-electron chi connectivity index (χ4n) is 2.52. The van der Waals surface area contributed by atoms with Crippen molar-refractivity contribution in [1.82, 2.24) is 9.55 Å². The van der Waals surface area contributed by atoms with E-state index in [-0.39, 0.29) is 0 Å². The summed E-state index contributed by atoms with van der Waals surface area (Å²) in [5.74, 6) is 1.79. The van der Waals surface area contributed by atoms with Crippen LogP contribution in [0.5, 0.6) is 5.75 Å². The number of fused-ring (bicyclic) bond motifs is 1. The maximum absolute atomic E-state index is 6.06. The van der Waals surface area contributed by atoms with Gasteiger partial charge in [0.15, 0.2) is 0 Å². The van der Waals surface area contributed by atoms with E-state index in [1.807, 2.05) is 42.5 Å². The Balaban J connectivity index is 1.88. The average molecular weight is 315 g/mol. The molecule has 1 heterocycles. The number of ether oxygens (including phenoxy) is 1. The Kier molecular flexibility index (Phi) is 4.34. The van der Waals surface area contributed by atoms with Crippen molar-refractivity contribution < 1.29 is 4.74 Å². The molecule has 1 aromatic heterocycles. The van der Waals surface area contributed by atoms with Crippen molar-refractivity contribution in [3.8, 4) is 5.75 Å². The summed E-state index contributed by atoms with van der Waals surface area (Å²) in [6, 6.07) is 13.9. The lowest BCUT2D eigenvalue weighted by Gasteiger charge is -2.09. The molecule has 0 aliphatic heterocycles. The van der Waals surface area contributed by atoms with Crippen LogP contribution in [0.1, 0.15) is 24.7 Å². The van der Waals surface area contributed by atoms with Crippen LogP contribution < -0.4 is 4.74 Å². The molecule has 0 spiro atoms. The third kappa shape index (κ3) is 3.09. The summed E-state index contributed by atoms with van der Waals surface area (Å²) < 4.78 is 8.09. The molecule has 22 heavy (non-hydrogen) atoms. The minimum absolute atomic E-state index is 0.454. The summed E-state index contributed by atoms with van der Waals surface area (Å²) in [5, 5.41) is 0.708. The SMILES string of the molecule is CCCn1c(COc2ccc(C)cc2)nc2cc(Cl)ccc21. The predicted molar refractivity (Wildman–Crippen MR) is 90.5 cm³/mol. The van der Waals surface area contributed by atoms with Crippen molar-refractivity contribution in [1.29, 1.82) is 0 Å². The third-order valence-electron chi connectivity index (χ3n) is 3.63. The number of hydrogen-bond acceptors (Lipinski definition) is 2. The van der Waals surface area contributed by atoms with E-state index in [4.69, 9.17) is 16.3 Å². The van der Waals surface area contributed by atoms with E-state index >= 15 is 0 Å². The van der Waals surface area contributed by atoms with Crippen molar-refractivity contribution >= 4 is 22.6 Å². The fraction of sp³-hybridized carbons (Fsp3) is 0.278. The summed E-state index contributed by atoms with van der Waals surface area (Å²) in [5.41, 5.74) is 3.25. The van der Waals surface area contributed by atoms with Gasteiger partial charge in [0.05, 0.1) is 11.0 Å². The second kappa shape index (κ2) is 6.41. The minimum atomic E-state index is 0.454. The molecule has 114 valence electrons. The number of halogens is 1. The molecule has 0 amide bonds. The number of nitrogens with zero attached hydrogens (tertiary/aromatic N) is 2. The monoisotopic (exact) mass is 314 g/mol. The highest BCUT2D eigenvalue weighted by molar-refractivity contribution is 6.31. The molecule has 3 rings (SSSR count). The Morgan fingerprint density at radius 1 is 1.14 bits per heavy atom. The van der Waals surface area contributed by atoms with Gasteiger partial charge in [-0.25, -0.2) is 4.98 Å². The molecule has 3 nitrogen and oxygen atoms in total. The van der Waals surface area contributed by atoms with Gasteiger partial charge in [-0.05, 0) is 43.7 Å². The van der Waals surface area contributed by atoms with Gasteiger partial charge in [-0.2, -0.15) is 0 Å². The second-order valence-corrected chi connectivity index (χ2v) is 5.85. The molecule has 0 atom stereocenters. The predicted octanol–water partition coefficient (Wildman–Crippen LogP) is 4.99. The molecular formula is C18H19ClN2O. The van der Waals surface area contributed by atoms with E-state index in [0.29, 0.717) is 11.6 Å². The van der Waals surface area contributed by atoms with Crippen LogP contribution in [0.4, 0.5) is 0 Å². The molecule has 0 bridgehead atoms. The lowest BCUT2D eigenvalue weighted by molar-refractivity contribution is 0.290. The van der Waals surface area contributed by atoms with Crippen LogP contribution in [0.15, 0.2) is 42.5 Å². The quantitative estimate of drug-likeness (QED) is 0.663. The van der Waals surface area contributed by atoms with Gasteiger partial charge < -0.3 is 9.30 Å². The van der Waals surface area contributed by atoms with Crippen LogP contribution >= 0.6 is 11.6 Å².